The summed E-state index contributed by atoms with van der Waals surface area (Å²) in [5.74, 6) is 0.573. The largest absolute Gasteiger partial charge is 0.467 e. The van der Waals surface area contributed by atoms with Gasteiger partial charge in [-0.3, -0.25) is 0 Å². The maximum Gasteiger partial charge on any atom is 0.191 e. The van der Waals surface area contributed by atoms with Gasteiger partial charge in [0.1, 0.15) is 12.5 Å². The van der Waals surface area contributed by atoms with Crippen LogP contribution in [0.3, 0.4) is 0 Å². The number of hydrogen-bond donors (Lipinski definition) is 1. The van der Waals surface area contributed by atoms with Crippen molar-refractivity contribution in [2.24, 2.45) is 0 Å². The van der Waals surface area contributed by atoms with E-state index in [9.17, 15) is 0 Å². The summed E-state index contributed by atoms with van der Waals surface area (Å²) in [5.41, 5.74) is 2.34. The molecule has 0 aliphatic heterocycles. The third-order valence-corrected chi connectivity index (χ3v) is 3.82. The highest BCUT2D eigenvalue weighted by molar-refractivity contribution is 6.34. The first-order valence-corrected chi connectivity index (χ1v) is 7.60. The number of nitrogens with zero attached hydrogens (tertiary/aromatic N) is 2. The van der Waals surface area contributed by atoms with Gasteiger partial charge in [0.25, 0.3) is 0 Å². The number of ether oxygens (including phenoxy) is 2. The molecule has 0 aliphatic carbocycles. The topological polar surface area (TPSA) is 64.5 Å². The van der Waals surface area contributed by atoms with E-state index in [1.54, 1.807) is 18.2 Å². The van der Waals surface area contributed by atoms with Gasteiger partial charge >= 0.3 is 0 Å². The number of allylic oxidation sites excluding steroid dienone is 1. The molecule has 0 radical (unpaired) electrons. The van der Waals surface area contributed by atoms with Crippen LogP contribution in [0.25, 0.3) is 11.1 Å². The van der Waals surface area contributed by atoms with Crippen LogP contribution in [-0.4, -0.2) is 28.9 Å². The number of aliphatic hydroxyl groups is 1. The molecule has 23 heavy (non-hydrogen) atoms. The fourth-order valence-corrected chi connectivity index (χ4v) is 2.63. The van der Waals surface area contributed by atoms with Crippen molar-refractivity contribution in [3.8, 4) is 16.9 Å². The fourth-order valence-electron chi connectivity index (χ4n) is 2.08. The number of benzene rings is 1. The van der Waals surface area contributed by atoms with E-state index in [1.807, 2.05) is 19.1 Å². The first kappa shape index (κ1) is 17.7. The second-order valence-electron chi connectivity index (χ2n) is 4.71. The monoisotopic (exact) mass is 354 g/mol. The van der Waals surface area contributed by atoms with Gasteiger partial charge in [-0.1, -0.05) is 48.3 Å². The van der Waals surface area contributed by atoms with Crippen LogP contribution in [0, 0.1) is 0 Å². The Morgan fingerprint density at radius 1 is 1.22 bits per heavy atom. The second kappa shape index (κ2) is 8.26. The Hall–Kier alpha value is -1.66. The Morgan fingerprint density at radius 2 is 1.87 bits per heavy atom. The molecule has 1 aromatic carbocycles. The molecular formula is C16H16Cl2N2O3. The van der Waals surface area contributed by atoms with Crippen molar-refractivity contribution >= 4 is 23.2 Å². The highest BCUT2D eigenvalue weighted by Crippen LogP contribution is 2.38. The molecule has 1 unspecified atom stereocenters. The predicted octanol–water partition coefficient (Wildman–Crippen LogP) is 4.04. The zero-order chi connectivity index (χ0) is 16.8. The SMILES string of the molecule is C=CC(C)c1c(Cl)nnc(Cl)c1-c1ccc(OCOCO)cc1. The molecule has 2 rings (SSSR count). The van der Waals surface area contributed by atoms with E-state index in [-0.39, 0.29) is 17.9 Å². The van der Waals surface area contributed by atoms with Crippen molar-refractivity contribution in [1.82, 2.24) is 10.2 Å². The van der Waals surface area contributed by atoms with Crippen LogP contribution in [0.5, 0.6) is 5.75 Å². The summed E-state index contributed by atoms with van der Waals surface area (Å²) < 4.78 is 10.0. The Kier molecular flexibility index (Phi) is 6.36. The molecule has 5 nitrogen and oxygen atoms in total. The van der Waals surface area contributed by atoms with E-state index in [1.165, 1.54) is 0 Å². The van der Waals surface area contributed by atoms with Gasteiger partial charge in [0.15, 0.2) is 17.1 Å². The van der Waals surface area contributed by atoms with Crippen LogP contribution < -0.4 is 4.74 Å². The van der Waals surface area contributed by atoms with Crippen LogP contribution in [-0.2, 0) is 4.74 Å². The van der Waals surface area contributed by atoms with Crippen molar-refractivity contribution < 1.29 is 14.6 Å². The standard InChI is InChI=1S/C16H16Cl2N2O3/c1-3-10(2)13-14(16(18)20-19-15(13)17)11-4-6-12(7-5-11)23-9-22-8-21/h3-7,10,21H,1,8-9H2,2H3. The lowest BCUT2D eigenvalue weighted by molar-refractivity contribution is -0.0653. The first-order valence-electron chi connectivity index (χ1n) is 6.84. The van der Waals surface area contributed by atoms with E-state index in [0.29, 0.717) is 10.9 Å². The smallest absolute Gasteiger partial charge is 0.191 e. The minimum Gasteiger partial charge on any atom is -0.467 e. The first-order chi connectivity index (χ1) is 11.1. The number of halogens is 2. The molecule has 0 fully saturated rings. The third kappa shape index (κ3) is 4.20. The molecule has 0 amide bonds. The number of aliphatic hydroxyl groups excluding tert-OH is 1. The lowest BCUT2D eigenvalue weighted by Gasteiger charge is -2.15. The lowest BCUT2D eigenvalue weighted by atomic mass is 9.94. The summed E-state index contributed by atoms with van der Waals surface area (Å²) in [4.78, 5) is 0. The molecule has 0 saturated carbocycles. The van der Waals surface area contributed by atoms with Gasteiger partial charge in [0.05, 0.1) is 0 Å². The number of hydrogen-bond acceptors (Lipinski definition) is 5. The molecule has 1 N–H and O–H groups in total. The van der Waals surface area contributed by atoms with Gasteiger partial charge in [-0.2, -0.15) is 0 Å². The van der Waals surface area contributed by atoms with E-state index in [2.05, 4.69) is 16.8 Å². The minimum absolute atomic E-state index is 0.0284. The van der Waals surface area contributed by atoms with E-state index < -0.39 is 6.79 Å². The quantitative estimate of drug-likeness (QED) is 0.461. The Bertz CT molecular complexity index is 678. The lowest BCUT2D eigenvalue weighted by Crippen LogP contribution is -2.03. The summed E-state index contributed by atoms with van der Waals surface area (Å²) in [6.07, 6.45) is 1.77. The van der Waals surface area contributed by atoms with Gasteiger partial charge in [-0.25, -0.2) is 0 Å². The number of aromatic nitrogens is 2. The summed E-state index contributed by atoms with van der Waals surface area (Å²) in [7, 11) is 0. The predicted molar refractivity (Wildman–Crippen MR) is 89.8 cm³/mol. The van der Waals surface area contributed by atoms with Gasteiger partial charge in [-0.15, -0.1) is 16.8 Å². The molecule has 1 heterocycles. The maximum atomic E-state index is 8.55. The van der Waals surface area contributed by atoms with Crippen molar-refractivity contribution in [3.05, 3.63) is 52.8 Å². The van der Waals surface area contributed by atoms with Crippen LogP contribution >= 0.6 is 23.2 Å². The Morgan fingerprint density at radius 3 is 2.48 bits per heavy atom. The van der Waals surface area contributed by atoms with Crippen molar-refractivity contribution in [2.75, 3.05) is 13.6 Å². The van der Waals surface area contributed by atoms with E-state index >= 15 is 0 Å². The molecule has 0 saturated heterocycles. The van der Waals surface area contributed by atoms with E-state index in [0.717, 1.165) is 16.7 Å². The molecule has 0 aliphatic rings. The average Bonchev–Trinajstić information content (AvgIpc) is 2.57. The van der Waals surface area contributed by atoms with Crippen molar-refractivity contribution in [3.63, 3.8) is 0 Å². The average molecular weight is 355 g/mol. The van der Waals surface area contributed by atoms with Crippen LogP contribution in [0.2, 0.25) is 10.3 Å². The van der Waals surface area contributed by atoms with Gasteiger partial charge in [0.2, 0.25) is 0 Å². The summed E-state index contributed by atoms with van der Waals surface area (Å²) >= 11 is 12.4. The molecule has 0 bridgehead atoms. The molecule has 0 spiro atoms. The normalized spacial score (nSPS) is 12.0. The van der Waals surface area contributed by atoms with E-state index in [4.69, 9.17) is 37.8 Å². The van der Waals surface area contributed by atoms with Crippen LogP contribution in [0.4, 0.5) is 0 Å². The van der Waals surface area contributed by atoms with Gasteiger partial charge < -0.3 is 14.6 Å². The molecule has 7 heteroatoms. The molecule has 2 aromatic rings. The zero-order valence-electron chi connectivity index (χ0n) is 12.5. The van der Waals surface area contributed by atoms with Crippen molar-refractivity contribution in [2.45, 2.75) is 12.8 Å². The van der Waals surface area contributed by atoms with Crippen molar-refractivity contribution in [1.29, 1.82) is 0 Å². The summed E-state index contributed by atoms with van der Waals surface area (Å²) in [6.45, 7) is 5.33. The molecule has 122 valence electrons. The van der Waals surface area contributed by atoms with Crippen LogP contribution in [0.15, 0.2) is 36.9 Å². The summed E-state index contributed by atoms with van der Waals surface area (Å²) in [5, 5.41) is 16.9. The highest BCUT2D eigenvalue weighted by atomic mass is 35.5. The third-order valence-electron chi connectivity index (χ3n) is 3.28. The fraction of sp³-hybridized carbons (Fsp3) is 0.250. The highest BCUT2D eigenvalue weighted by Gasteiger charge is 2.19. The molecular weight excluding hydrogens is 339 g/mol. The van der Waals surface area contributed by atoms with Gasteiger partial charge in [0, 0.05) is 17.0 Å². The van der Waals surface area contributed by atoms with Crippen LogP contribution in [0.1, 0.15) is 18.4 Å². The number of rotatable bonds is 7. The summed E-state index contributed by atoms with van der Waals surface area (Å²) in [6, 6.07) is 7.21. The Labute approximate surface area is 144 Å². The second-order valence-corrected chi connectivity index (χ2v) is 5.43. The molecule has 1 atom stereocenters. The maximum absolute atomic E-state index is 8.55. The Balaban J connectivity index is 2.38. The zero-order valence-corrected chi connectivity index (χ0v) is 14.0. The van der Waals surface area contributed by atoms with Gasteiger partial charge in [-0.05, 0) is 17.7 Å². The molecule has 1 aromatic heterocycles. The minimum atomic E-state index is -0.391.